The molecule has 1 rings (SSSR count). The van der Waals surface area contributed by atoms with E-state index >= 15 is 0 Å². The normalized spacial score (nSPS) is 11.7. The van der Waals surface area contributed by atoms with Crippen molar-refractivity contribution < 1.29 is 9.90 Å². The molecule has 0 bridgehead atoms. The van der Waals surface area contributed by atoms with Gasteiger partial charge in [-0.2, -0.15) is 5.26 Å². The molecule has 0 aliphatic heterocycles. The molecule has 0 aliphatic rings. The van der Waals surface area contributed by atoms with Gasteiger partial charge >= 0.3 is 5.97 Å². The first kappa shape index (κ1) is 10.6. The fraction of sp³-hybridized carbons (Fsp3) is 0.200. The average molecular weight is 210 g/mol. The molecule has 0 aliphatic carbocycles. The number of hydrogen-bond acceptors (Lipinski definition) is 2. The fourth-order valence-electron chi connectivity index (χ4n) is 1.04. The van der Waals surface area contributed by atoms with E-state index < -0.39 is 11.9 Å². The second kappa shape index (κ2) is 4.64. The van der Waals surface area contributed by atoms with Gasteiger partial charge in [0.2, 0.25) is 0 Å². The van der Waals surface area contributed by atoms with Crippen molar-refractivity contribution in [3.8, 4) is 6.07 Å². The van der Waals surface area contributed by atoms with E-state index in [0.717, 1.165) is 5.56 Å². The van der Waals surface area contributed by atoms with E-state index in [1.807, 2.05) is 0 Å². The highest BCUT2D eigenvalue weighted by atomic mass is 35.5. The average Bonchev–Trinajstić information content (AvgIpc) is 2.16. The largest absolute Gasteiger partial charge is 0.480 e. The highest BCUT2D eigenvalue weighted by Gasteiger charge is 2.16. The van der Waals surface area contributed by atoms with Gasteiger partial charge in [-0.25, -0.2) is 0 Å². The Morgan fingerprint density at radius 1 is 1.50 bits per heavy atom. The number of carboxylic acid groups (broad SMARTS) is 1. The van der Waals surface area contributed by atoms with Gasteiger partial charge in [0, 0.05) is 5.02 Å². The first-order chi connectivity index (χ1) is 6.63. The van der Waals surface area contributed by atoms with Crippen LogP contribution in [-0.4, -0.2) is 11.1 Å². The molecular formula is C10H8ClNO2. The van der Waals surface area contributed by atoms with Crippen LogP contribution < -0.4 is 0 Å². The molecule has 72 valence electrons. The molecule has 1 N–H and O–H groups in total. The Balaban J connectivity index is 2.74. The van der Waals surface area contributed by atoms with Crippen molar-refractivity contribution in [2.75, 3.05) is 0 Å². The van der Waals surface area contributed by atoms with Gasteiger partial charge in [0.25, 0.3) is 0 Å². The molecular weight excluding hydrogens is 202 g/mol. The minimum Gasteiger partial charge on any atom is -0.480 e. The molecule has 1 aromatic carbocycles. The molecule has 4 heteroatoms. The van der Waals surface area contributed by atoms with Crippen LogP contribution in [0.2, 0.25) is 5.02 Å². The van der Waals surface area contributed by atoms with Crippen LogP contribution in [0.25, 0.3) is 0 Å². The van der Waals surface area contributed by atoms with Crippen LogP contribution in [0.3, 0.4) is 0 Å². The van der Waals surface area contributed by atoms with Crippen LogP contribution in [0.5, 0.6) is 0 Å². The summed E-state index contributed by atoms with van der Waals surface area (Å²) in [7, 11) is 0. The third kappa shape index (κ3) is 2.75. The van der Waals surface area contributed by atoms with Gasteiger partial charge in [0.1, 0.15) is 5.92 Å². The highest BCUT2D eigenvalue weighted by molar-refractivity contribution is 6.30. The molecule has 0 heterocycles. The Labute approximate surface area is 86.5 Å². The highest BCUT2D eigenvalue weighted by Crippen LogP contribution is 2.13. The lowest BCUT2D eigenvalue weighted by atomic mass is 10.0. The standard InChI is InChI=1S/C10H8ClNO2/c11-9-3-1-7(2-4-9)5-8(6-12)10(13)14/h1-4,8H,5H2,(H,13,14). The zero-order valence-electron chi connectivity index (χ0n) is 7.27. The van der Waals surface area contributed by atoms with E-state index in [9.17, 15) is 4.79 Å². The number of hydrogen-bond donors (Lipinski definition) is 1. The van der Waals surface area contributed by atoms with Gasteiger partial charge < -0.3 is 5.11 Å². The van der Waals surface area contributed by atoms with Crippen LogP contribution in [0, 0.1) is 17.2 Å². The number of carboxylic acids is 1. The lowest BCUT2D eigenvalue weighted by Gasteiger charge is -2.03. The van der Waals surface area contributed by atoms with E-state index in [4.69, 9.17) is 22.0 Å². The quantitative estimate of drug-likeness (QED) is 0.830. The molecule has 0 radical (unpaired) electrons. The molecule has 0 amide bonds. The maximum absolute atomic E-state index is 10.6. The van der Waals surface area contributed by atoms with Crippen molar-refractivity contribution in [2.45, 2.75) is 6.42 Å². The molecule has 0 spiro atoms. The van der Waals surface area contributed by atoms with Gasteiger partial charge in [0.15, 0.2) is 0 Å². The van der Waals surface area contributed by atoms with Crippen LogP contribution >= 0.6 is 11.6 Å². The third-order valence-electron chi connectivity index (χ3n) is 1.81. The topological polar surface area (TPSA) is 61.1 Å². The molecule has 0 aromatic heterocycles. The Kier molecular flexibility index (Phi) is 3.49. The van der Waals surface area contributed by atoms with Crippen molar-refractivity contribution in [2.24, 2.45) is 5.92 Å². The summed E-state index contributed by atoms with van der Waals surface area (Å²) in [6.07, 6.45) is 0.211. The Bertz CT molecular complexity index is 367. The Morgan fingerprint density at radius 2 is 2.07 bits per heavy atom. The van der Waals surface area contributed by atoms with E-state index in [-0.39, 0.29) is 6.42 Å². The van der Waals surface area contributed by atoms with Crippen LogP contribution in [0.1, 0.15) is 5.56 Å². The summed E-state index contributed by atoms with van der Waals surface area (Å²) in [6, 6.07) is 8.52. The zero-order chi connectivity index (χ0) is 10.6. The summed E-state index contributed by atoms with van der Waals surface area (Å²) in [4.78, 5) is 10.6. The summed E-state index contributed by atoms with van der Waals surface area (Å²) in [5.74, 6) is -2.08. The zero-order valence-corrected chi connectivity index (χ0v) is 8.03. The first-order valence-corrected chi connectivity index (χ1v) is 4.38. The van der Waals surface area contributed by atoms with E-state index in [2.05, 4.69) is 0 Å². The number of carbonyl (C=O) groups is 1. The molecule has 0 saturated carbocycles. The summed E-state index contributed by atoms with van der Waals surface area (Å²) >= 11 is 5.66. The summed E-state index contributed by atoms with van der Waals surface area (Å²) in [6.45, 7) is 0. The fourth-order valence-corrected chi connectivity index (χ4v) is 1.17. The second-order valence-electron chi connectivity index (χ2n) is 2.85. The molecule has 14 heavy (non-hydrogen) atoms. The van der Waals surface area contributed by atoms with Gasteiger partial charge in [-0.05, 0) is 24.1 Å². The number of rotatable bonds is 3. The van der Waals surface area contributed by atoms with E-state index in [1.165, 1.54) is 0 Å². The number of nitriles is 1. The Morgan fingerprint density at radius 3 is 2.50 bits per heavy atom. The van der Waals surface area contributed by atoms with Crippen LogP contribution in [-0.2, 0) is 11.2 Å². The Hall–Kier alpha value is -1.53. The lowest BCUT2D eigenvalue weighted by Crippen LogP contribution is -2.13. The van der Waals surface area contributed by atoms with Crippen molar-refractivity contribution in [1.29, 1.82) is 5.26 Å². The van der Waals surface area contributed by atoms with E-state index in [1.54, 1.807) is 30.3 Å². The first-order valence-electron chi connectivity index (χ1n) is 4.00. The van der Waals surface area contributed by atoms with Gasteiger partial charge in [-0.15, -0.1) is 0 Å². The molecule has 0 saturated heterocycles. The summed E-state index contributed by atoms with van der Waals surface area (Å²) < 4.78 is 0. The second-order valence-corrected chi connectivity index (χ2v) is 3.29. The number of benzene rings is 1. The number of nitrogens with zero attached hydrogens (tertiary/aromatic N) is 1. The van der Waals surface area contributed by atoms with Crippen LogP contribution in [0.4, 0.5) is 0 Å². The monoisotopic (exact) mass is 209 g/mol. The van der Waals surface area contributed by atoms with Crippen molar-refractivity contribution in [1.82, 2.24) is 0 Å². The predicted octanol–water partition coefficient (Wildman–Crippen LogP) is 2.11. The lowest BCUT2D eigenvalue weighted by molar-refractivity contribution is -0.139. The van der Waals surface area contributed by atoms with Gasteiger partial charge in [0.05, 0.1) is 6.07 Å². The minimum atomic E-state index is -1.09. The summed E-state index contributed by atoms with van der Waals surface area (Å²) in [5, 5.41) is 17.8. The maximum Gasteiger partial charge on any atom is 0.321 e. The summed E-state index contributed by atoms with van der Waals surface area (Å²) in [5.41, 5.74) is 0.795. The number of halogens is 1. The predicted molar refractivity (Wildman–Crippen MR) is 51.9 cm³/mol. The number of aliphatic carboxylic acids is 1. The van der Waals surface area contributed by atoms with Crippen molar-refractivity contribution in [3.63, 3.8) is 0 Å². The minimum absolute atomic E-state index is 0.211. The van der Waals surface area contributed by atoms with Crippen molar-refractivity contribution in [3.05, 3.63) is 34.9 Å². The van der Waals surface area contributed by atoms with Crippen LogP contribution in [0.15, 0.2) is 24.3 Å². The maximum atomic E-state index is 10.6. The molecule has 1 atom stereocenters. The molecule has 1 aromatic rings. The molecule has 3 nitrogen and oxygen atoms in total. The SMILES string of the molecule is N#CC(Cc1ccc(Cl)cc1)C(=O)O. The smallest absolute Gasteiger partial charge is 0.321 e. The van der Waals surface area contributed by atoms with Gasteiger partial charge in [-0.1, -0.05) is 23.7 Å². The van der Waals surface area contributed by atoms with Crippen molar-refractivity contribution >= 4 is 17.6 Å². The van der Waals surface area contributed by atoms with Gasteiger partial charge in [-0.3, -0.25) is 4.79 Å². The van der Waals surface area contributed by atoms with E-state index in [0.29, 0.717) is 5.02 Å². The molecule has 0 fully saturated rings. The molecule has 1 unspecified atom stereocenters. The third-order valence-corrected chi connectivity index (χ3v) is 2.06.